The standard InChI is InChI=1S/C9H4BrN3O2/c10-7-4-12-8-5(6(7)3-11)1-2-13(8)9(14)15/h1-2,4H,(H,14,15). The molecule has 0 aromatic carbocycles. The molecule has 0 aliphatic carbocycles. The highest BCUT2D eigenvalue weighted by Crippen LogP contribution is 2.24. The molecule has 0 atom stereocenters. The Morgan fingerprint density at radius 1 is 1.67 bits per heavy atom. The second-order valence-electron chi connectivity index (χ2n) is 2.80. The number of carboxylic acid groups (broad SMARTS) is 1. The lowest BCUT2D eigenvalue weighted by Gasteiger charge is -1.99. The van der Waals surface area contributed by atoms with Gasteiger partial charge in [0.15, 0.2) is 5.65 Å². The maximum absolute atomic E-state index is 10.8. The molecule has 2 aromatic rings. The van der Waals surface area contributed by atoms with Crippen molar-refractivity contribution in [2.75, 3.05) is 0 Å². The summed E-state index contributed by atoms with van der Waals surface area (Å²) in [5.74, 6) is 0. The lowest BCUT2D eigenvalue weighted by molar-refractivity contribution is 0.197. The van der Waals surface area contributed by atoms with Crippen molar-refractivity contribution in [2.45, 2.75) is 0 Å². The van der Waals surface area contributed by atoms with E-state index in [9.17, 15) is 4.79 Å². The molecule has 0 spiro atoms. The number of rotatable bonds is 0. The fourth-order valence-corrected chi connectivity index (χ4v) is 1.73. The van der Waals surface area contributed by atoms with Gasteiger partial charge in [0.05, 0.1) is 10.0 Å². The number of aromatic nitrogens is 2. The first-order chi connectivity index (χ1) is 7.15. The first-order valence-corrected chi connectivity index (χ1v) is 4.73. The lowest BCUT2D eigenvalue weighted by atomic mass is 10.2. The molecule has 1 N–H and O–H groups in total. The summed E-state index contributed by atoms with van der Waals surface area (Å²) in [7, 11) is 0. The van der Waals surface area contributed by atoms with Crippen molar-refractivity contribution in [3.05, 3.63) is 28.5 Å². The molecule has 0 radical (unpaired) electrons. The number of nitriles is 1. The molecular weight excluding hydrogens is 262 g/mol. The molecule has 2 rings (SSSR count). The average Bonchev–Trinajstić information content (AvgIpc) is 2.61. The second kappa shape index (κ2) is 3.37. The van der Waals surface area contributed by atoms with Crippen LogP contribution < -0.4 is 0 Å². The third-order valence-corrected chi connectivity index (χ3v) is 2.59. The Hall–Kier alpha value is -1.87. The molecule has 0 saturated carbocycles. The minimum Gasteiger partial charge on any atom is -0.464 e. The normalized spacial score (nSPS) is 10.1. The van der Waals surface area contributed by atoms with Crippen molar-refractivity contribution < 1.29 is 9.90 Å². The second-order valence-corrected chi connectivity index (χ2v) is 3.65. The SMILES string of the molecule is N#Cc1c(Br)cnc2c1ccn2C(=O)O. The molecule has 0 unspecified atom stereocenters. The number of halogens is 1. The predicted molar refractivity (Wildman–Crippen MR) is 55.6 cm³/mol. The third-order valence-electron chi connectivity index (χ3n) is 1.99. The van der Waals surface area contributed by atoms with Gasteiger partial charge in [0.2, 0.25) is 0 Å². The van der Waals surface area contributed by atoms with E-state index in [-0.39, 0.29) is 5.65 Å². The summed E-state index contributed by atoms with van der Waals surface area (Å²) >= 11 is 3.18. The van der Waals surface area contributed by atoms with Crippen LogP contribution in [0, 0.1) is 11.3 Å². The van der Waals surface area contributed by atoms with E-state index >= 15 is 0 Å². The topological polar surface area (TPSA) is 78.9 Å². The van der Waals surface area contributed by atoms with Gasteiger partial charge in [0.1, 0.15) is 6.07 Å². The first-order valence-electron chi connectivity index (χ1n) is 3.94. The van der Waals surface area contributed by atoms with Gasteiger partial charge < -0.3 is 5.11 Å². The molecular formula is C9H4BrN3O2. The van der Waals surface area contributed by atoms with Gasteiger partial charge >= 0.3 is 6.09 Å². The van der Waals surface area contributed by atoms with Crippen molar-refractivity contribution in [3.8, 4) is 6.07 Å². The van der Waals surface area contributed by atoms with Crippen LogP contribution >= 0.6 is 15.9 Å². The molecule has 2 aromatic heterocycles. The van der Waals surface area contributed by atoms with Gasteiger partial charge in [-0.05, 0) is 22.0 Å². The highest BCUT2D eigenvalue weighted by atomic mass is 79.9. The van der Waals surface area contributed by atoms with Crippen molar-refractivity contribution in [1.29, 1.82) is 5.26 Å². The van der Waals surface area contributed by atoms with Crippen LogP contribution in [-0.4, -0.2) is 20.8 Å². The van der Waals surface area contributed by atoms with Crippen molar-refractivity contribution in [3.63, 3.8) is 0 Å². The van der Waals surface area contributed by atoms with Gasteiger partial charge in [0.25, 0.3) is 0 Å². The number of fused-ring (bicyclic) bond motifs is 1. The number of hydrogen-bond acceptors (Lipinski definition) is 3. The van der Waals surface area contributed by atoms with E-state index in [4.69, 9.17) is 10.4 Å². The molecule has 6 heteroatoms. The molecule has 74 valence electrons. The van der Waals surface area contributed by atoms with E-state index < -0.39 is 6.09 Å². The van der Waals surface area contributed by atoms with Crippen LogP contribution in [0.2, 0.25) is 0 Å². The molecule has 0 bridgehead atoms. The Bertz CT molecular complexity index is 597. The fraction of sp³-hybridized carbons (Fsp3) is 0. The van der Waals surface area contributed by atoms with E-state index in [1.807, 2.05) is 6.07 Å². The van der Waals surface area contributed by atoms with Gasteiger partial charge in [-0.1, -0.05) is 0 Å². The molecule has 0 aliphatic heterocycles. The lowest BCUT2D eigenvalue weighted by Crippen LogP contribution is -2.06. The molecule has 0 amide bonds. The zero-order valence-electron chi connectivity index (χ0n) is 7.31. The summed E-state index contributed by atoms with van der Waals surface area (Å²) in [6.07, 6.45) is 1.66. The Labute approximate surface area is 92.7 Å². The molecule has 15 heavy (non-hydrogen) atoms. The number of pyridine rings is 1. The largest absolute Gasteiger partial charge is 0.464 e. The van der Waals surface area contributed by atoms with Gasteiger partial charge in [-0.3, -0.25) is 0 Å². The highest BCUT2D eigenvalue weighted by Gasteiger charge is 2.13. The monoisotopic (exact) mass is 265 g/mol. The Kier molecular flexibility index (Phi) is 2.17. The molecule has 0 aliphatic rings. The van der Waals surface area contributed by atoms with E-state index in [1.54, 1.807) is 6.07 Å². The Morgan fingerprint density at radius 3 is 3.00 bits per heavy atom. The minimum absolute atomic E-state index is 0.266. The fourth-order valence-electron chi connectivity index (χ4n) is 1.33. The average molecular weight is 266 g/mol. The van der Waals surface area contributed by atoms with E-state index in [0.29, 0.717) is 15.4 Å². The maximum atomic E-state index is 10.8. The summed E-state index contributed by atoms with van der Waals surface area (Å²) in [4.78, 5) is 14.7. The molecule has 0 saturated heterocycles. The van der Waals surface area contributed by atoms with Crippen LogP contribution in [0.3, 0.4) is 0 Å². The summed E-state index contributed by atoms with van der Waals surface area (Å²) in [6, 6.07) is 3.55. The van der Waals surface area contributed by atoms with E-state index in [0.717, 1.165) is 4.57 Å². The third kappa shape index (κ3) is 1.37. The smallest absolute Gasteiger partial charge is 0.417 e. The van der Waals surface area contributed by atoms with Gasteiger partial charge in [-0.2, -0.15) is 5.26 Å². The minimum atomic E-state index is -1.12. The van der Waals surface area contributed by atoms with Crippen LogP contribution in [0.15, 0.2) is 22.9 Å². The van der Waals surface area contributed by atoms with Crippen LogP contribution in [0.5, 0.6) is 0 Å². The van der Waals surface area contributed by atoms with Gasteiger partial charge in [-0.15, -0.1) is 0 Å². The highest BCUT2D eigenvalue weighted by molar-refractivity contribution is 9.10. The van der Waals surface area contributed by atoms with Crippen molar-refractivity contribution in [1.82, 2.24) is 9.55 Å². The quantitative estimate of drug-likeness (QED) is 0.792. The molecule has 5 nitrogen and oxygen atoms in total. The number of nitrogens with zero attached hydrogens (tertiary/aromatic N) is 3. The Balaban J connectivity index is 2.88. The summed E-state index contributed by atoms with van der Waals surface area (Å²) in [6.45, 7) is 0. The van der Waals surface area contributed by atoms with Crippen LogP contribution in [0.1, 0.15) is 5.56 Å². The van der Waals surface area contributed by atoms with Gasteiger partial charge in [-0.25, -0.2) is 14.3 Å². The summed E-state index contributed by atoms with van der Waals surface area (Å²) in [5, 5.41) is 18.3. The Morgan fingerprint density at radius 2 is 2.40 bits per heavy atom. The maximum Gasteiger partial charge on any atom is 0.417 e. The zero-order chi connectivity index (χ0) is 11.0. The number of hydrogen-bond donors (Lipinski definition) is 1. The molecule has 0 fully saturated rings. The van der Waals surface area contributed by atoms with Crippen molar-refractivity contribution >= 4 is 33.1 Å². The van der Waals surface area contributed by atoms with Gasteiger partial charge in [0, 0.05) is 17.8 Å². The van der Waals surface area contributed by atoms with E-state index in [1.165, 1.54) is 12.4 Å². The van der Waals surface area contributed by atoms with E-state index in [2.05, 4.69) is 20.9 Å². The number of carbonyl (C=O) groups is 1. The summed E-state index contributed by atoms with van der Waals surface area (Å²) < 4.78 is 1.53. The van der Waals surface area contributed by atoms with Crippen LogP contribution in [0.4, 0.5) is 4.79 Å². The van der Waals surface area contributed by atoms with Crippen molar-refractivity contribution in [2.24, 2.45) is 0 Å². The zero-order valence-corrected chi connectivity index (χ0v) is 8.89. The predicted octanol–water partition coefficient (Wildman–Crippen LogP) is 2.20. The molecule has 2 heterocycles. The van der Waals surface area contributed by atoms with Crippen LogP contribution in [0.25, 0.3) is 11.0 Å². The summed E-state index contributed by atoms with van der Waals surface area (Å²) in [5.41, 5.74) is 0.655. The van der Waals surface area contributed by atoms with Crippen LogP contribution in [-0.2, 0) is 0 Å². The first kappa shape index (κ1) is 9.68.